The van der Waals surface area contributed by atoms with Crippen LogP contribution in [-0.2, 0) is 0 Å². The third kappa shape index (κ3) is 4.13. The maximum absolute atomic E-state index is 13.1. The number of furan rings is 1. The van der Waals surface area contributed by atoms with Crippen LogP contribution in [0.1, 0.15) is 26.5 Å². The largest absolute Gasteiger partial charge is 0.493 e. The number of rotatable bonds is 6. The Morgan fingerprint density at radius 1 is 0.812 bits per heavy atom. The molecule has 1 aromatic heterocycles. The topological polar surface area (TPSA) is 89.8 Å². The van der Waals surface area contributed by atoms with Crippen LogP contribution in [0.25, 0.3) is 11.0 Å². The molecule has 0 saturated carbocycles. The second-order valence-electron chi connectivity index (χ2n) is 7.15. The molecule has 2 N–H and O–H groups in total. The third-order valence-corrected chi connectivity index (χ3v) is 5.00. The number of hydrogen-bond acceptors (Lipinski definition) is 5. The van der Waals surface area contributed by atoms with E-state index in [1.807, 2.05) is 25.1 Å². The summed E-state index contributed by atoms with van der Waals surface area (Å²) >= 11 is 0. The summed E-state index contributed by atoms with van der Waals surface area (Å²) in [7, 11) is 3.05. The van der Waals surface area contributed by atoms with Gasteiger partial charge >= 0.3 is 0 Å². The first-order valence-electron chi connectivity index (χ1n) is 9.93. The Morgan fingerprint density at radius 2 is 1.53 bits per heavy atom. The van der Waals surface area contributed by atoms with Gasteiger partial charge in [-0.05, 0) is 43.3 Å². The molecule has 0 atom stereocenters. The average molecular weight is 430 g/mol. The number of anilines is 2. The van der Waals surface area contributed by atoms with Gasteiger partial charge in [0.1, 0.15) is 11.3 Å². The van der Waals surface area contributed by atoms with Crippen molar-refractivity contribution in [1.29, 1.82) is 0 Å². The number of carbonyl (C=O) groups excluding carboxylic acids is 2. The molecule has 0 radical (unpaired) electrons. The average Bonchev–Trinajstić information content (AvgIpc) is 3.18. The summed E-state index contributed by atoms with van der Waals surface area (Å²) in [6, 6.07) is 19.3. The monoisotopic (exact) mass is 430 g/mol. The van der Waals surface area contributed by atoms with Crippen LogP contribution in [-0.4, -0.2) is 26.0 Å². The minimum Gasteiger partial charge on any atom is -0.493 e. The smallest absolute Gasteiger partial charge is 0.293 e. The summed E-state index contributed by atoms with van der Waals surface area (Å²) in [6.07, 6.45) is 0. The van der Waals surface area contributed by atoms with Crippen molar-refractivity contribution < 1.29 is 23.5 Å². The molecule has 32 heavy (non-hydrogen) atoms. The van der Waals surface area contributed by atoms with Gasteiger partial charge in [0.05, 0.1) is 14.2 Å². The molecule has 0 saturated heterocycles. The Labute approximate surface area is 184 Å². The molecule has 4 rings (SSSR count). The number of ether oxygens (including phenoxy) is 2. The molecule has 0 aliphatic rings. The molecule has 7 nitrogen and oxygen atoms in total. The highest BCUT2D eigenvalue weighted by molar-refractivity contribution is 6.16. The maximum atomic E-state index is 13.1. The Balaban J connectivity index is 1.67. The van der Waals surface area contributed by atoms with Crippen molar-refractivity contribution in [2.24, 2.45) is 0 Å². The minimum atomic E-state index is -0.507. The fourth-order valence-corrected chi connectivity index (χ4v) is 3.32. The number of benzene rings is 3. The molecule has 0 fully saturated rings. The van der Waals surface area contributed by atoms with Gasteiger partial charge in [0.2, 0.25) is 5.76 Å². The lowest BCUT2D eigenvalue weighted by molar-refractivity contribution is 0.0999. The first kappa shape index (κ1) is 21.0. The van der Waals surface area contributed by atoms with Crippen molar-refractivity contribution in [1.82, 2.24) is 0 Å². The zero-order valence-electron chi connectivity index (χ0n) is 17.9. The predicted octanol–water partition coefficient (Wildman–Crippen LogP) is 5.26. The highest BCUT2D eigenvalue weighted by Crippen LogP contribution is 2.33. The molecule has 0 aliphatic heterocycles. The van der Waals surface area contributed by atoms with E-state index in [0.29, 0.717) is 39.4 Å². The van der Waals surface area contributed by atoms with E-state index in [4.69, 9.17) is 13.9 Å². The van der Waals surface area contributed by atoms with Gasteiger partial charge in [-0.2, -0.15) is 0 Å². The van der Waals surface area contributed by atoms with E-state index in [-0.39, 0.29) is 11.7 Å². The fourth-order valence-electron chi connectivity index (χ4n) is 3.32. The minimum absolute atomic E-state index is 0.00134. The van der Waals surface area contributed by atoms with Gasteiger partial charge in [-0.3, -0.25) is 9.59 Å². The van der Waals surface area contributed by atoms with Crippen molar-refractivity contribution in [3.63, 3.8) is 0 Å². The van der Waals surface area contributed by atoms with E-state index in [1.165, 1.54) is 14.2 Å². The standard InChI is InChI=1S/C25H22N2O5/c1-15-8-10-16(11-9-15)24(28)27-22-18-6-4-5-7-19(18)32-23(22)25(29)26-17-12-13-20(30-2)21(14-17)31-3/h4-14H,1-3H3,(H,26,29)(H,27,28). The van der Waals surface area contributed by atoms with Crippen molar-refractivity contribution in [2.75, 3.05) is 24.9 Å². The summed E-state index contributed by atoms with van der Waals surface area (Å²) < 4.78 is 16.3. The summed E-state index contributed by atoms with van der Waals surface area (Å²) in [6.45, 7) is 1.95. The second kappa shape index (κ2) is 8.85. The molecule has 0 unspecified atom stereocenters. The van der Waals surface area contributed by atoms with E-state index in [1.54, 1.807) is 48.5 Å². The highest BCUT2D eigenvalue weighted by atomic mass is 16.5. The zero-order chi connectivity index (χ0) is 22.7. The van der Waals surface area contributed by atoms with E-state index in [0.717, 1.165) is 5.56 Å². The molecule has 7 heteroatoms. The number of amides is 2. The maximum Gasteiger partial charge on any atom is 0.293 e. The van der Waals surface area contributed by atoms with Crippen molar-refractivity contribution >= 4 is 34.2 Å². The molecule has 1 heterocycles. The Bertz CT molecular complexity index is 1290. The van der Waals surface area contributed by atoms with Crippen LogP contribution in [0.15, 0.2) is 71.1 Å². The summed E-state index contributed by atoms with van der Waals surface area (Å²) in [5.74, 6) is 0.175. The third-order valence-electron chi connectivity index (χ3n) is 5.00. The number of para-hydroxylation sites is 1. The van der Waals surface area contributed by atoms with Crippen LogP contribution >= 0.6 is 0 Å². The second-order valence-corrected chi connectivity index (χ2v) is 7.15. The molecule has 3 aromatic carbocycles. The van der Waals surface area contributed by atoms with Crippen LogP contribution in [0.4, 0.5) is 11.4 Å². The molecule has 162 valence electrons. The Hall–Kier alpha value is -4.26. The normalized spacial score (nSPS) is 10.6. The van der Waals surface area contributed by atoms with Crippen LogP contribution in [0, 0.1) is 6.92 Å². The van der Waals surface area contributed by atoms with Crippen LogP contribution in [0.2, 0.25) is 0 Å². The van der Waals surface area contributed by atoms with Crippen molar-refractivity contribution in [3.8, 4) is 11.5 Å². The molecular formula is C25H22N2O5. The molecular weight excluding hydrogens is 408 g/mol. The summed E-state index contributed by atoms with van der Waals surface area (Å²) in [5, 5.41) is 6.26. The molecule has 4 aromatic rings. The van der Waals surface area contributed by atoms with E-state index in [9.17, 15) is 9.59 Å². The summed E-state index contributed by atoms with van der Waals surface area (Å²) in [5.41, 5.74) is 2.81. The van der Waals surface area contributed by atoms with Crippen molar-refractivity contribution in [2.45, 2.75) is 6.92 Å². The number of fused-ring (bicyclic) bond motifs is 1. The van der Waals surface area contributed by atoms with Crippen LogP contribution < -0.4 is 20.1 Å². The van der Waals surface area contributed by atoms with Gasteiger partial charge in [0, 0.05) is 22.7 Å². The number of nitrogens with one attached hydrogen (secondary N) is 2. The zero-order valence-corrected chi connectivity index (χ0v) is 17.9. The van der Waals surface area contributed by atoms with Crippen LogP contribution in [0.5, 0.6) is 11.5 Å². The van der Waals surface area contributed by atoms with E-state index in [2.05, 4.69) is 10.6 Å². The van der Waals surface area contributed by atoms with Gasteiger partial charge in [0.25, 0.3) is 11.8 Å². The SMILES string of the molecule is COc1ccc(NC(=O)c2oc3ccccc3c2NC(=O)c2ccc(C)cc2)cc1OC. The Morgan fingerprint density at radius 3 is 2.25 bits per heavy atom. The van der Waals surface area contributed by atoms with Crippen LogP contribution in [0.3, 0.4) is 0 Å². The van der Waals surface area contributed by atoms with E-state index < -0.39 is 5.91 Å². The molecule has 2 amide bonds. The number of methoxy groups -OCH3 is 2. The number of carbonyl (C=O) groups is 2. The van der Waals surface area contributed by atoms with Gasteiger partial charge in [-0.25, -0.2) is 0 Å². The Kier molecular flexibility index (Phi) is 5.81. The lowest BCUT2D eigenvalue weighted by Gasteiger charge is -2.11. The first-order chi connectivity index (χ1) is 15.5. The fraction of sp³-hybridized carbons (Fsp3) is 0.120. The lowest BCUT2D eigenvalue weighted by atomic mass is 10.1. The van der Waals surface area contributed by atoms with Gasteiger partial charge in [0.15, 0.2) is 11.5 Å². The van der Waals surface area contributed by atoms with Gasteiger partial charge in [-0.1, -0.05) is 29.8 Å². The van der Waals surface area contributed by atoms with E-state index >= 15 is 0 Å². The number of hydrogen-bond donors (Lipinski definition) is 2. The molecule has 0 bridgehead atoms. The quantitative estimate of drug-likeness (QED) is 0.435. The predicted molar refractivity (Wildman–Crippen MR) is 123 cm³/mol. The molecule has 0 spiro atoms. The summed E-state index contributed by atoms with van der Waals surface area (Å²) in [4.78, 5) is 25.9. The first-order valence-corrected chi connectivity index (χ1v) is 9.93. The molecule has 0 aliphatic carbocycles. The van der Waals surface area contributed by atoms with Crippen molar-refractivity contribution in [3.05, 3.63) is 83.6 Å². The van der Waals surface area contributed by atoms with Gasteiger partial charge in [-0.15, -0.1) is 0 Å². The van der Waals surface area contributed by atoms with Gasteiger partial charge < -0.3 is 24.5 Å². The number of aryl methyl sites for hydroxylation is 1. The lowest BCUT2D eigenvalue weighted by Crippen LogP contribution is -2.17. The highest BCUT2D eigenvalue weighted by Gasteiger charge is 2.23.